The number of carbonyl (C=O) groups excluding carboxylic acids is 2. The average Bonchev–Trinajstić information content (AvgIpc) is 2.72. The number of aliphatic carboxylic acids is 1. The summed E-state index contributed by atoms with van der Waals surface area (Å²) in [6.45, 7) is 4.76. The van der Waals surface area contributed by atoms with Gasteiger partial charge in [-0.25, -0.2) is 9.59 Å². The Morgan fingerprint density at radius 3 is 2.53 bits per heavy atom. The van der Waals surface area contributed by atoms with E-state index < -0.39 is 29.5 Å². The lowest BCUT2D eigenvalue weighted by Crippen LogP contribution is -2.48. The van der Waals surface area contributed by atoms with Crippen LogP contribution in [0.4, 0.5) is 0 Å². The van der Waals surface area contributed by atoms with Crippen LogP contribution in [0.1, 0.15) is 32.8 Å². The highest BCUT2D eigenvalue weighted by Gasteiger charge is 2.25. The van der Waals surface area contributed by atoms with Crippen LogP contribution in [-0.2, 0) is 20.8 Å². The van der Waals surface area contributed by atoms with Crippen LogP contribution in [0.25, 0.3) is 11.0 Å². The molecule has 2 atom stereocenters. The monoisotopic (exact) mass is 418 g/mol. The molecule has 0 bridgehead atoms. The van der Waals surface area contributed by atoms with Gasteiger partial charge in [-0.3, -0.25) is 9.59 Å². The second-order valence-corrected chi connectivity index (χ2v) is 6.94. The molecule has 9 nitrogen and oxygen atoms in total. The van der Waals surface area contributed by atoms with Crippen LogP contribution in [0, 0.1) is 5.92 Å². The number of nitrogens with one attached hydrogen (secondary N) is 2. The van der Waals surface area contributed by atoms with E-state index in [2.05, 4.69) is 10.6 Å². The van der Waals surface area contributed by atoms with Gasteiger partial charge in [0.05, 0.1) is 6.54 Å². The number of fused-ring (bicyclic) bond motifs is 1. The van der Waals surface area contributed by atoms with Gasteiger partial charge in [0.25, 0.3) is 5.91 Å². The van der Waals surface area contributed by atoms with Gasteiger partial charge in [0.15, 0.2) is 6.61 Å². The fourth-order valence-corrected chi connectivity index (χ4v) is 2.88. The topological polar surface area (TPSA) is 135 Å². The molecule has 0 aliphatic rings. The smallest absolute Gasteiger partial charge is 0.336 e. The summed E-state index contributed by atoms with van der Waals surface area (Å²) in [4.78, 5) is 46.7. The lowest BCUT2D eigenvalue weighted by atomic mass is 9.99. The highest BCUT2D eigenvalue weighted by atomic mass is 16.5. The van der Waals surface area contributed by atoms with Gasteiger partial charge in [0, 0.05) is 17.5 Å². The lowest BCUT2D eigenvalue weighted by molar-refractivity contribution is -0.143. The highest BCUT2D eigenvalue weighted by molar-refractivity contribution is 5.88. The Morgan fingerprint density at radius 2 is 1.90 bits per heavy atom. The number of amides is 2. The summed E-state index contributed by atoms with van der Waals surface area (Å²) in [5.74, 6) is -2.19. The molecule has 2 rings (SSSR count). The zero-order valence-electron chi connectivity index (χ0n) is 17.2. The van der Waals surface area contributed by atoms with Crippen LogP contribution < -0.4 is 21.0 Å². The van der Waals surface area contributed by atoms with Gasteiger partial charge in [-0.2, -0.15) is 0 Å². The fourth-order valence-electron chi connectivity index (χ4n) is 2.88. The summed E-state index contributed by atoms with van der Waals surface area (Å²) in [7, 11) is 0. The molecule has 0 aliphatic carbocycles. The van der Waals surface area contributed by atoms with E-state index in [0.717, 1.165) is 10.9 Å². The normalized spacial score (nSPS) is 12.8. The Bertz CT molecular complexity index is 983. The number of rotatable bonds is 10. The average molecular weight is 418 g/mol. The van der Waals surface area contributed by atoms with E-state index in [0.29, 0.717) is 24.2 Å². The van der Waals surface area contributed by atoms with E-state index in [9.17, 15) is 24.3 Å². The maximum atomic E-state index is 11.9. The second kappa shape index (κ2) is 10.4. The molecule has 0 saturated heterocycles. The minimum Gasteiger partial charge on any atom is -0.484 e. The van der Waals surface area contributed by atoms with E-state index >= 15 is 0 Å². The molecule has 1 heterocycles. The highest BCUT2D eigenvalue weighted by Crippen LogP contribution is 2.23. The number of hydrogen-bond acceptors (Lipinski definition) is 6. The number of hydrogen-bond donors (Lipinski definition) is 3. The van der Waals surface area contributed by atoms with Crippen molar-refractivity contribution in [3.8, 4) is 5.75 Å². The van der Waals surface area contributed by atoms with Gasteiger partial charge >= 0.3 is 11.6 Å². The Morgan fingerprint density at radius 1 is 1.17 bits per heavy atom. The Balaban J connectivity index is 1.89. The molecule has 0 spiro atoms. The Labute approximate surface area is 173 Å². The molecule has 2 aromatic rings. The standard InChI is InChI=1S/C21H26N2O7/c1-4-12(3)20(21(27)28)23-17(24)10-22-18(25)11-29-14-6-7-15-13(5-2)8-19(26)30-16(15)9-14/h6-9,12,20H,4-5,10-11H2,1-3H3,(H,22,25)(H,23,24)(H,27,28)/t12-,20-/m0/s1. The number of ether oxygens (including phenoxy) is 1. The maximum absolute atomic E-state index is 11.9. The number of carboxylic acids is 1. The summed E-state index contributed by atoms with van der Waals surface area (Å²) in [6.07, 6.45) is 1.26. The Hall–Kier alpha value is -3.36. The van der Waals surface area contributed by atoms with Gasteiger partial charge in [-0.15, -0.1) is 0 Å². The SMILES string of the molecule is CCc1cc(=O)oc2cc(OCC(=O)NCC(=O)N[C@H](C(=O)O)[C@@H](C)CC)ccc12. The van der Waals surface area contributed by atoms with Crippen molar-refractivity contribution in [3.05, 3.63) is 40.2 Å². The van der Waals surface area contributed by atoms with Crippen molar-refractivity contribution >= 4 is 28.8 Å². The van der Waals surface area contributed by atoms with Crippen LogP contribution in [0.2, 0.25) is 0 Å². The largest absolute Gasteiger partial charge is 0.484 e. The van der Waals surface area contributed by atoms with Crippen LogP contribution in [0.3, 0.4) is 0 Å². The van der Waals surface area contributed by atoms with E-state index in [4.69, 9.17) is 9.15 Å². The maximum Gasteiger partial charge on any atom is 0.336 e. The lowest BCUT2D eigenvalue weighted by Gasteiger charge is -2.20. The number of carbonyl (C=O) groups is 3. The molecule has 3 N–H and O–H groups in total. The third-order valence-electron chi connectivity index (χ3n) is 4.79. The van der Waals surface area contributed by atoms with Gasteiger partial charge in [-0.05, 0) is 30.0 Å². The third kappa shape index (κ3) is 6.07. The van der Waals surface area contributed by atoms with Crippen molar-refractivity contribution in [3.63, 3.8) is 0 Å². The molecule has 30 heavy (non-hydrogen) atoms. The minimum absolute atomic E-state index is 0.244. The molecule has 1 aromatic heterocycles. The molecule has 1 aromatic carbocycles. The summed E-state index contributed by atoms with van der Waals surface area (Å²) in [6, 6.07) is 5.36. The molecule has 9 heteroatoms. The van der Waals surface area contributed by atoms with Crippen LogP contribution in [-0.4, -0.2) is 42.1 Å². The van der Waals surface area contributed by atoms with Crippen molar-refractivity contribution < 1.29 is 28.6 Å². The van der Waals surface area contributed by atoms with Gasteiger partial charge < -0.3 is 24.9 Å². The van der Waals surface area contributed by atoms with Crippen molar-refractivity contribution in [1.82, 2.24) is 10.6 Å². The van der Waals surface area contributed by atoms with Crippen LogP contribution >= 0.6 is 0 Å². The zero-order valence-corrected chi connectivity index (χ0v) is 17.2. The quantitative estimate of drug-likeness (QED) is 0.497. The predicted molar refractivity (Wildman–Crippen MR) is 109 cm³/mol. The molecule has 0 radical (unpaired) electrons. The first-order valence-corrected chi connectivity index (χ1v) is 9.73. The molecule has 2 amide bonds. The summed E-state index contributed by atoms with van der Waals surface area (Å²) >= 11 is 0. The van der Waals surface area contributed by atoms with Crippen molar-refractivity contribution in [2.75, 3.05) is 13.2 Å². The molecule has 0 saturated carbocycles. The first kappa shape index (κ1) is 22.9. The zero-order chi connectivity index (χ0) is 22.3. The number of carboxylic acid groups (broad SMARTS) is 1. The molecule has 0 fully saturated rings. The molecular weight excluding hydrogens is 392 g/mol. The number of benzene rings is 1. The fraction of sp³-hybridized carbons (Fsp3) is 0.429. The van der Waals surface area contributed by atoms with Crippen molar-refractivity contribution in [2.24, 2.45) is 5.92 Å². The van der Waals surface area contributed by atoms with Gasteiger partial charge in [-0.1, -0.05) is 27.2 Å². The summed E-state index contributed by atoms with van der Waals surface area (Å²) in [5.41, 5.74) is 0.757. The summed E-state index contributed by atoms with van der Waals surface area (Å²) < 4.78 is 10.6. The molecule has 0 aliphatic heterocycles. The molecule has 0 unspecified atom stereocenters. The second-order valence-electron chi connectivity index (χ2n) is 6.94. The Kier molecular flexibility index (Phi) is 7.97. The van der Waals surface area contributed by atoms with Gasteiger partial charge in [0.2, 0.25) is 5.91 Å². The van der Waals surface area contributed by atoms with Gasteiger partial charge in [0.1, 0.15) is 17.4 Å². The van der Waals surface area contributed by atoms with Crippen LogP contribution in [0.15, 0.2) is 33.5 Å². The van der Waals surface area contributed by atoms with E-state index in [1.165, 1.54) is 12.1 Å². The van der Waals surface area contributed by atoms with E-state index in [1.54, 1.807) is 19.1 Å². The number of aryl methyl sites for hydroxylation is 1. The summed E-state index contributed by atoms with van der Waals surface area (Å²) in [5, 5.41) is 14.8. The van der Waals surface area contributed by atoms with E-state index in [-0.39, 0.29) is 19.1 Å². The van der Waals surface area contributed by atoms with Crippen molar-refractivity contribution in [2.45, 2.75) is 39.7 Å². The molecular formula is C21H26N2O7. The van der Waals surface area contributed by atoms with Crippen molar-refractivity contribution in [1.29, 1.82) is 0 Å². The molecule has 162 valence electrons. The predicted octanol–water partition coefficient (Wildman–Crippen LogP) is 1.47. The first-order valence-electron chi connectivity index (χ1n) is 9.73. The minimum atomic E-state index is -1.12. The van der Waals surface area contributed by atoms with E-state index in [1.807, 2.05) is 13.8 Å². The van der Waals surface area contributed by atoms with Crippen LogP contribution in [0.5, 0.6) is 5.75 Å². The third-order valence-corrected chi connectivity index (χ3v) is 4.79. The first-order chi connectivity index (χ1) is 14.2.